The van der Waals surface area contributed by atoms with E-state index in [1.165, 1.54) is 56.7 Å². The van der Waals surface area contributed by atoms with Crippen LogP contribution in [0.5, 0.6) is 0 Å². The van der Waals surface area contributed by atoms with Gasteiger partial charge in [0.1, 0.15) is 91.0 Å². The minimum absolute atomic E-state index is 0.115. The number of benzene rings is 1. The number of rotatable bonds is 70. The molecule has 142 heavy (non-hydrogen) atoms. The number of amides is 19. The Morgan fingerprint density at radius 2 is 0.592 bits per heavy atom. The van der Waals surface area contributed by atoms with E-state index in [0.717, 1.165) is 0 Å². The summed E-state index contributed by atoms with van der Waals surface area (Å²) < 4.78 is 0. The Bertz CT molecular complexity index is 4860. The van der Waals surface area contributed by atoms with Gasteiger partial charge in [-0.25, -0.2) is 9.78 Å². The Hall–Kier alpha value is -16.5. The quantitative estimate of drug-likeness (QED) is 0.0292. The number of imidazole rings is 1. The highest BCUT2D eigenvalue weighted by Gasteiger charge is 2.41. The summed E-state index contributed by atoms with van der Waals surface area (Å²) >= 11 is 0. The van der Waals surface area contributed by atoms with E-state index in [4.69, 9.17) is 16.6 Å². The molecule has 35 N–H and O–H groups in total. The van der Waals surface area contributed by atoms with E-state index >= 15 is 0 Å². The van der Waals surface area contributed by atoms with Gasteiger partial charge in [0, 0.05) is 57.6 Å². The van der Waals surface area contributed by atoms with E-state index < -0.39 is 398 Å². The number of hydrogen-bond acceptors (Lipinski definition) is 30. The third-order valence-electron chi connectivity index (χ3n) is 19.9. The fourth-order valence-corrected chi connectivity index (χ4v) is 12.8. The molecule has 0 saturated carbocycles. The van der Waals surface area contributed by atoms with Crippen molar-refractivity contribution in [3.8, 4) is 0 Å². The van der Waals surface area contributed by atoms with Gasteiger partial charge in [-0.05, 0) is 68.8 Å². The van der Waals surface area contributed by atoms with Crippen molar-refractivity contribution < 1.29 is 191 Å². The Morgan fingerprint density at radius 3 is 0.923 bits per heavy atom. The maximum absolute atomic E-state index is 14.6. The highest BCUT2D eigenvalue weighted by atomic mass is 16.4. The average Bonchev–Trinajstić information content (AvgIpc) is 1.03. The highest BCUT2D eigenvalue weighted by Crippen LogP contribution is 2.16. The van der Waals surface area contributed by atoms with Crippen LogP contribution in [0.2, 0.25) is 0 Å². The number of H-pyrrole nitrogens is 1. The summed E-state index contributed by atoms with van der Waals surface area (Å²) in [6.07, 6.45) is -13.4. The fraction of sp³-hybridized carbons (Fsp3) is 0.549. The fourth-order valence-electron chi connectivity index (χ4n) is 12.8. The van der Waals surface area contributed by atoms with E-state index in [2.05, 4.69) is 63.6 Å². The van der Waals surface area contributed by atoms with Gasteiger partial charge in [0.25, 0.3) is 5.91 Å². The summed E-state index contributed by atoms with van der Waals surface area (Å²) in [5, 5.41) is 133. The van der Waals surface area contributed by atoms with Gasteiger partial charge < -0.3 is 164 Å². The monoisotopic (exact) mass is 2020 g/mol. The van der Waals surface area contributed by atoms with Crippen LogP contribution in [0, 0.1) is 11.8 Å². The van der Waals surface area contributed by atoms with Gasteiger partial charge in [-0.2, -0.15) is 0 Å². The summed E-state index contributed by atoms with van der Waals surface area (Å²) in [6.45, 7) is 2.01. The number of aliphatic hydroxyl groups is 1. The molecule has 0 fully saturated rings. The second-order valence-corrected chi connectivity index (χ2v) is 32.7. The summed E-state index contributed by atoms with van der Waals surface area (Å²) in [5.74, 6) is -40.7. The first kappa shape index (κ1) is 122. The molecule has 15 atom stereocenters. The number of aromatic nitrogens is 2. The predicted molar refractivity (Wildman–Crippen MR) is 472 cm³/mol. The lowest BCUT2D eigenvalue weighted by Gasteiger charge is -2.28. The van der Waals surface area contributed by atoms with E-state index in [0.29, 0.717) is 0 Å². The number of hydrogen-bond donors (Lipinski definition) is 31. The molecule has 60 nitrogen and oxygen atoms in total. The van der Waals surface area contributed by atoms with Crippen LogP contribution in [-0.2, 0) is 147 Å². The minimum atomic E-state index is -2.43. The van der Waals surface area contributed by atoms with Crippen molar-refractivity contribution in [1.82, 2.24) is 100 Å². The number of aliphatic carboxylic acids is 9. The lowest BCUT2D eigenvalue weighted by atomic mass is 10.0. The zero-order chi connectivity index (χ0) is 107. The minimum Gasteiger partial charge on any atom is -0.481 e. The number of primary amides is 2. The van der Waals surface area contributed by atoms with Crippen molar-refractivity contribution >= 4 is 166 Å². The smallest absolute Gasteiger partial charge is 0.326 e. The summed E-state index contributed by atoms with van der Waals surface area (Å²) in [6, 6.07) is -22.1. The van der Waals surface area contributed by atoms with Gasteiger partial charge in [0.15, 0.2) is 6.04 Å². The van der Waals surface area contributed by atoms with Crippen LogP contribution in [0.25, 0.3) is 0 Å². The molecule has 0 aliphatic rings. The second-order valence-electron chi connectivity index (χ2n) is 32.7. The van der Waals surface area contributed by atoms with E-state index in [-0.39, 0.29) is 36.4 Å². The number of carbonyl (C=O) groups excluding carboxylic acids is 19. The number of quaternary nitrogens is 1. The molecule has 0 spiro atoms. The molecule has 2 rings (SSSR count). The molecule has 0 aliphatic heterocycles. The van der Waals surface area contributed by atoms with Crippen molar-refractivity contribution in [3.63, 3.8) is 0 Å². The predicted octanol–water partition coefficient (Wildman–Crippen LogP) is -13.0. The maximum atomic E-state index is 14.6. The van der Waals surface area contributed by atoms with Crippen molar-refractivity contribution in [2.75, 3.05) is 26.2 Å². The Morgan fingerprint density at radius 1 is 0.310 bits per heavy atom. The molecular formula is C82H119N22O38+. The Balaban J connectivity index is 2.47. The van der Waals surface area contributed by atoms with Gasteiger partial charge in [-0.3, -0.25) is 129 Å². The first-order chi connectivity index (χ1) is 66.5. The number of aromatic amines is 1. The lowest BCUT2D eigenvalue weighted by molar-refractivity contribution is -0.403. The number of carboxylic acids is 9. The SMILES string of the molecule is CC(C)C[C@H](NC(=O)[C@H](CCC(N)=O)NC(=O)[C@H](CO)NC(=O)[C@H](CC(C)C)NC(=O)[C@H](CC(=O)O)NC(=O)[C@H](Cc1ccccc1)NC(=O)[C@H](CC(=O)O)NC(=O)[C@H](CCC(N)=O)NC(=O)[C@H](CC(=O)O)NC(=O)[C@H](CCC(=O)O)NC(=O)[C@H](CCC(=O)O)NC(=O)CNC(=O)CNC(=O)CNC(=O)[C@H](CCC(=O)O)NC(=O)[C@H](CCC(=O)O)NC(=O)[C@@H]([NH3+])CC(=O)O)C(=O)N[C@@H](Cc1c[nH]cn1)C(=O)O. The molecule has 1 aromatic heterocycles. The van der Waals surface area contributed by atoms with Gasteiger partial charge in [-0.1, -0.05) is 58.0 Å². The Labute approximate surface area is 804 Å². The van der Waals surface area contributed by atoms with E-state index in [1.807, 2.05) is 42.5 Å². The molecule has 0 aliphatic carbocycles. The van der Waals surface area contributed by atoms with Crippen LogP contribution >= 0.6 is 0 Å². The molecule has 784 valence electrons. The van der Waals surface area contributed by atoms with Crippen LogP contribution in [0.3, 0.4) is 0 Å². The number of carbonyl (C=O) groups is 28. The first-order valence-electron chi connectivity index (χ1n) is 43.5. The molecule has 0 saturated heterocycles. The maximum Gasteiger partial charge on any atom is 0.326 e. The lowest BCUT2D eigenvalue weighted by Crippen LogP contribution is -2.69. The van der Waals surface area contributed by atoms with Crippen molar-refractivity contribution in [2.24, 2.45) is 23.3 Å². The summed E-state index contributed by atoms with van der Waals surface area (Å²) in [5.41, 5.74) is 14.5. The van der Waals surface area contributed by atoms with Gasteiger partial charge >= 0.3 is 53.7 Å². The molecule has 60 heteroatoms. The second kappa shape index (κ2) is 62.4. The van der Waals surface area contributed by atoms with Crippen molar-refractivity contribution in [3.05, 3.63) is 54.1 Å². The topological polar surface area (TPSA) is 993 Å². The highest BCUT2D eigenvalue weighted by molar-refractivity contribution is 6.03. The zero-order valence-electron chi connectivity index (χ0n) is 77.0. The summed E-state index contributed by atoms with van der Waals surface area (Å²) in [7, 11) is 0. The van der Waals surface area contributed by atoms with Gasteiger partial charge in [0.2, 0.25) is 106 Å². The number of nitrogens with one attached hydrogen (secondary N) is 18. The Kier molecular flexibility index (Phi) is 53.4. The van der Waals surface area contributed by atoms with Crippen LogP contribution < -0.4 is 108 Å². The van der Waals surface area contributed by atoms with Gasteiger partial charge in [0.05, 0.1) is 57.5 Å². The van der Waals surface area contributed by atoms with Gasteiger partial charge in [-0.15, -0.1) is 0 Å². The number of aliphatic hydroxyl groups excluding tert-OH is 1. The van der Waals surface area contributed by atoms with Crippen molar-refractivity contribution in [2.45, 2.75) is 247 Å². The normalized spacial score (nSPS) is 14.1. The molecule has 19 amide bonds. The number of carboxylic acid groups (broad SMARTS) is 9. The average molecular weight is 2020 g/mol. The molecule has 0 radical (unpaired) electrons. The van der Waals surface area contributed by atoms with E-state index in [1.54, 1.807) is 13.8 Å². The molecule has 1 heterocycles. The first-order valence-corrected chi connectivity index (χ1v) is 43.5. The largest absolute Gasteiger partial charge is 0.481 e. The summed E-state index contributed by atoms with van der Waals surface area (Å²) in [4.78, 5) is 372. The number of nitrogens with zero attached hydrogens (tertiary/aromatic N) is 1. The molecular weight excluding hydrogens is 1900 g/mol. The van der Waals surface area contributed by atoms with Crippen LogP contribution in [-0.4, -0.2) is 344 Å². The zero-order valence-corrected chi connectivity index (χ0v) is 77.0. The molecule has 1 aromatic carbocycles. The standard InChI is InChI=1S/C82H118N22O38/c1-36(2)22-47(75(134)103-53(82(141)142)25-39-30-86-35-90-39)97-72(131)44(11-17-56(85)107)96-81(140)54(34-105)104-76(135)48(23-37(3)4)98-79(138)52(29-67(125)126)102-77(136)49(24-38-8-6-5-7-9-38)99-80(139)51(28-66(123)124)101-73(132)43(10-16-55(84)106)95-78(137)50(27-65(121)122)100-74(133)46(15-21-63(117)118)94-70(129)42(13-19-61(113)114)91-59(110)33-88-57(108)31-87-58(109)32-89-69(128)41(12-18-60(111)112)93-71(130)45(14-20-62(115)116)92-68(127)40(83)26-64(119)120/h5-9,30,35-37,40-54,105H,10-29,31-34,83H2,1-4H3,(H2,84,106)(H2,85,107)(H,86,90)(H,87,109)(H,88,108)(H,89,128)(H,91,110)(H,92,127)(H,93,130)(H,94,129)(H,95,137)(H,96,140)(H,97,131)(H,98,138)(H,99,139)(H,100,133)(H,101,132)(H,102,136)(H,103,134)(H,104,135)(H,111,112)(H,113,114)(H,115,116)(H,117,118)(H,119,120)(H,121,122)(H,123,124)(H,125,126)(H,141,142)/p+1/t40-,41-,42-,43-,44-,45-,46-,47-,48-,49-,50-,51-,52-,53-,54-/m0/s1. The van der Waals surface area contributed by atoms with Crippen molar-refractivity contribution in [1.29, 1.82) is 0 Å². The molecule has 0 unspecified atom stereocenters. The molecule has 2 aromatic rings. The van der Waals surface area contributed by atoms with Crippen LogP contribution in [0.1, 0.15) is 155 Å². The van der Waals surface area contributed by atoms with E-state index in [9.17, 15) is 180 Å². The molecule has 0 bridgehead atoms. The third-order valence-corrected chi connectivity index (χ3v) is 19.9. The third kappa shape index (κ3) is 49.5. The number of nitrogens with two attached hydrogens (primary N) is 2. The van der Waals surface area contributed by atoms with Crippen LogP contribution in [0.15, 0.2) is 42.9 Å². The van der Waals surface area contributed by atoms with Crippen LogP contribution in [0.4, 0.5) is 0 Å².